The molecule has 0 radical (unpaired) electrons. The molecule has 0 spiro atoms. The van der Waals surface area contributed by atoms with E-state index in [9.17, 15) is 9.59 Å². The Morgan fingerprint density at radius 2 is 1.20 bits per heavy atom. The van der Waals surface area contributed by atoms with Crippen molar-refractivity contribution in [2.24, 2.45) is 0 Å². The second kappa shape index (κ2) is 8.97. The van der Waals surface area contributed by atoms with Gasteiger partial charge >= 0.3 is 41.5 Å². The average molecular weight is 177 g/mol. The number of hydrogen-bond acceptors (Lipinski definition) is 2. The number of carboxylic acids is 2. The number of halogens is 1. The molecule has 0 aromatic heterocycles. The Kier molecular flexibility index (Phi) is 14.8. The molecule has 0 heterocycles. The van der Waals surface area contributed by atoms with Crippen molar-refractivity contribution in [3.63, 3.8) is 0 Å². The third-order valence-corrected chi connectivity index (χ3v) is 0.368. The van der Waals surface area contributed by atoms with Crippen LogP contribution < -0.4 is 0 Å². The van der Waals surface area contributed by atoms with Gasteiger partial charge in [-0.3, -0.25) is 0 Å². The summed E-state index contributed by atoms with van der Waals surface area (Å²) in [5.74, 6) is -2.51. The zero-order chi connectivity index (χ0) is 6.57. The van der Waals surface area contributed by atoms with Crippen LogP contribution in [0, 0.1) is 0 Å². The summed E-state index contributed by atoms with van der Waals surface area (Å²) in [5, 5.41) is 15.6. The Hall–Kier alpha value is -0.0300. The van der Waals surface area contributed by atoms with Crippen molar-refractivity contribution in [3.8, 4) is 0 Å². The van der Waals surface area contributed by atoms with Gasteiger partial charge in [0.25, 0.3) is 0 Å². The third kappa shape index (κ3) is 15.7. The fourth-order valence-electron chi connectivity index (χ4n) is 0.143. The molecule has 0 aromatic rings. The summed E-state index contributed by atoms with van der Waals surface area (Å²) in [5.41, 5.74) is 0. The van der Waals surface area contributed by atoms with Crippen LogP contribution in [0.15, 0.2) is 12.2 Å². The molecule has 0 atom stereocenters. The van der Waals surface area contributed by atoms with Gasteiger partial charge in [0.15, 0.2) is 0 Å². The van der Waals surface area contributed by atoms with Crippen LogP contribution in [0.1, 0.15) is 0 Å². The molecular formula is C4H6ClNaO4. The van der Waals surface area contributed by atoms with E-state index in [4.69, 9.17) is 10.2 Å². The van der Waals surface area contributed by atoms with Crippen LogP contribution in [0.5, 0.6) is 0 Å². The molecule has 0 aliphatic rings. The minimum absolute atomic E-state index is 0. The summed E-state index contributed by atoms with van der Waals surface area (Å²) in [4.78, 5) is 19.1. The molecule has 0 aliphatic carbocycles. The summed E-state index contributed by atoms with van der Waals surface area (Å²) in [6, 6.07) is 0. The van der Waals surface area contributed by atoms with Gasteiger partial charge in [0.2, 0.25) is 0 Å². The van der Waals surface area contributed by atoms with Crippen LogP contribution in [-0.4, -0.2) is 51.7 Å². The summed E-state index contributed by atoms with van der Waals surface area (Å²) in [7, 11) is 0. The molecule has 0 saturated carbocycles. The molecule has 6 heteroatoms. The van der Waals surface area contributed by atoms with Crippen molar-refractivity contribution >= 4 is 53.9 Å². The first-order valence-electron chi connectivity index (χ1n) is 1.77. The second-order valence-electron chi connectivity index (χ2n) is 1.01. The predicted octanol–water partition coefficient (Wildman–Crippen LogP) is -0.515. The van der Waals surface area contributed by atoms with Gasteiger partial charge < -0.3 is 10.2 Å². The maximum atomic E-state index is 9.55. The SMILES string of the molecule is Cl.O=C(O)/C=C\C(=O)O.[NaH]. The Balaban J connectivity index is -0.000000245. The molecule has 4 nitrogen and oxygen atoms in total. The molecule has 0 unspecified atom stereocenters. The molecule has 0 amide bonds. The first-order chi connectivity index (χ1) is 3.63. The van der Waals surface area contributed by atoms with Crippen LogP contribution >= 0.6 is 12.4 Å². The van der Waals surface area contributed by atoms with Gasteiger partial charge in [0, 0.05) is 12.2 Å². The summed E-state index contributed by atoms with van der Waals surface area (Å²) < 4.78 is 0. The molecular weight excluding hydrogens is 170 g/mol. The van der Waals surface area contributed by atoms with E-state index in [-0.39, 0.29) is 42.0 Å². The van der Waals surface area contributed by atoms with E-state index in [1.165, 1.54) is 0 Å². The van der Waals surface area contributed by atoms with Crippen molar-refractivity contribution in [2.45, 2.75) is 0 Å². The van der Waals surface area contributed by atoms with E-state index in [0.29, 0.717) is 12.2 Å². The Labute approximate surface area is 85.6 Å². The summed E-state index contributed by atoms with van der Waals surface area (Å²) in [6.45, 7) is 0. The molecule has 2 N–H and O–H groups in total. The maximum absolute atomic E-state index is 9.55. The van der Waals surface area contributed by atoms with Gasteiger partial charge in [0.1, 0.15) is 0 Å². The topological polar surface area (TPSA) is 74.6 Å². The van der Waals surface area contributed by atoms with Gasteiger partial charge in [-0.2, -0.15) is 0 Å². The average Bonchev–Trinajstić information content (AvgIpc) is 1.61. The first-order valence-corrected chi connectivity index (χ1v) is 1.77. The Bertz CT molecular complexity index is 128. The number of carboxylic acid groups (broad SMARTS) is 2. The van der Waals surface area contributed by atoms with Crippen LogP contribution in [0.25, 0.3) is 0 Å². The van der Waals surface area contributed by atoms with Crippen LogP contribution in [0.3, 0.4) is 0 Å². The molecule has 0 saturated heterocycles. The van der Waals surface area contributed by atoms with Crippen molar-refractivity contribution in [3.05, 3.63) is 12.2 Å². The number of carbonyl (C=O) groups is 2. The fraction of sp³-hybridized carbons (Fsp3) is 0. The predicted molar refractivity (Wildman–Crippen MR) is 38.8 cm³/mol. The molecule has 0 bridgehead atoms. The van der Waals surface area contributed by atoms with Crippen LogP contribution in [-0.2, 0) is 9.59 Å². The molecule has 10 heavy (non-hydrogen) atoms. The second-order valence-corrected chi connectivity index (χ2v) is 1.01. The molecule has 0 aromatic carbocycles. The van der Waals surface area contributed by atoms with Crippen molar-refractivity contribution < 1.29 is 19.8 Å². The summed E-state index contributed by atoms with van der Waals surface area (Å²) >= 11 is 0. The Morgan fingerprint density at radius 3 is 1.30 bits per heavy atom. The van der Waals surface area contributed by atoms with Crippen molar-refractivity contribution in [2.75, 3.05) is 0 Å². The van der Waals surface area contributed by atoms with E-state index in [2.05, 4.69) is 0 Å². The molecule has 0 aliphatic heterocycles. The Morgan fingerprint density at radius 1 is 1.00 bits per heavy atom. The quantitative estimate of drug-likeness (QED) is 0.439. The fourth-order valence-corrected chi connectivity index (χ4v) is 0.143. The molecule has 54 valence electrons. The first kappa shape index (κ1) is 16.5. The van der Waals surface area contributed by atoms with Gasteiger partial charge in [-0.05, 0) is 0 Å². The van der Waals surface area contributed by atoms with E-state index >= 15 is 0 Å². The number of aliphatic carboxylic acids is 2. The van der Waals surface area contributed by atoms with Crippen LogP contribution in [0.2, 0.25) is 0 Å². The monoisotopic (exact) mass is 176 g/mol. The van der Waals surface area contributed by atoms with E-state index in [1.54, 1.807) is 0 Å². The molecule has 0 rings (SSSR count). The van der Waals surface area contributed by atoms with E-state index in [0.717, 1.165) is 0 Å². The normalized spacial score (nSPS) is 7.60. The van der Waals surface area contributed by atoms with E-state index < -0.39 is 11.9 Å². The number of hydrogen-bond donors (Lipinski definition) is 2. The van der Waals surface area contributed by atoms with Crippen molar-refractivity contribution in [1.82, 2.24) is 0 Å². The minimum atomic E-state index is -1.26. The molecule has 0 fully saturated rings. The zero-order valence-corrected chi connectivity index (χ0v) is 5.09. The van der Waals surface area contributed by atoms with Crippen molar-refractivity contribution in [1.29, 1.82) is 0 Å². The number of rotatable bonds is 2. The van der Waals surface area contributed by atoms with Gasteiger partial charge in [-0.25, -0.2) is 9.59 Å². The van der Waals surface area contributed by atoms with E-state index in [1.807, 2.05) is 0 Å². The zero-order valence-electron chi connectivity index (χ0n) is 4.27. The standard InChI is InChI=1S/C4H4O4.ClH.Na.H/c5-3(6)1-2-4(7)8;;;/h1-2H,(H,5,6)(H,7,8);1H;;/b2-1-;;;. The van der Waals surface area contributed by atoms with Gasteiger partial charge in [0.05, 0.1) is 0 Å². The van der Waals surface area contributed by atoms with Gasteiger partial charge in [-0.15, -0.1) is 12.4 Å². The summed E-state index contributed by atoms with van der Waals surface area (Å²) in [6.07, 6.45) is 1.12. The van der Waals surface area contributed by atoms with Crippen LogP contribution in [0.4, 0.5) is 0 Å². The van der Waals surface area contributed by atoms with Gasteiger partial charge in [-0.1, -0.05) is 0 Å². The third-order valence-electron chi connectivity index (χ3n) is 0.368.